The van der Waals surface area contributed by atoms with Gasteiger partial charge in [0.1, 0.15) is 17.6 Å². The van der Waals surface area contributed by atoms with Crippen molar-refractivity contribution >= 4 is 10.0 Å². The van der Waals surface area contributed by atoms with E-state index in [1.54, 1.807) is 24.3 Å². The molecule has 1 aliphatic rings. The number of sulfonamides is 1. The van der Waals surface area contributed by atoms with Gasteiger partial charge in [-0.2, -0.15) is 10.2 Å². The molecule has 1 aromatic heterocycles. The molecule has 1 heterocycles. The summed E-state index contributed by atoms with van der Waals surface area (Å²) in [7, 11) is -3.87. The number of aliphatic hydroxyl groups is 2. The summed E-state index contributed by atoms with van der Waals surface area (Å²) in [5.41, 5.74) is 3.32. The molecule has 4 rings (SSSR count). The van der Waals surface area contributed by atoms with E-state index in [-0.39, 0.29) is 12.0 Å². The summed E-state index contributed by atoms with van der Waals surface area (Å²) in [5, 5.41) is 31.6. The zero-order chi connectivity index (χ0) is 24.5. The molecule has 34 heavy (non-hydrogen) atoms. The predicted octanol–water partition coefficient (Wildman–Crippen LogP) is 2.28. The van der Waals surface area contributed by atoms with E-state index in [9.17, 15) is 13.7 Å². The van der Waals surface area contributed by atoms with Crippen molar-refractivity contribution in [3.8, 4) is 34.7 Å². The molecule has 178 valence electrons. The Balaban J connectivity index is 1.61. The van der Waals surface area contributed by atoms with Crippen LogP contribution in [0.1, 0.15) is 43.0 Å². The predicted molar refractivity (Wildman–Crippen MR) is 122 cm³/mol. The molecule has 1 atom stereocenters. The SMILES string of the molecule is CC(C)Oc1ccc(-c2nc(-c3cccc4c3CCC4NS(=O)(=O)CC(O)O)no2)cc1C#N. The minimum atomic E-state index is -3.87. The molecule has 0 radical (unpaired) electrons. The quantitative estimate of drug-likeness (QED) is 0.408. The van der Waals surface area contributed by atoms with Crippen molar-refractivity contribution in [3.05, 3.63) is 53.1 Å². The second-order valence-electron chi connectivity index (χ2n) is 8.26. The van der Waals surface area contributed by atoms with E-state index in [1.165, 1.54) is 0 Å². The average Bonchev–Trinajstić information content (AvgIpc) is 3.40. The second-order valence-corrected chi connectivity index (χ2v) is 10.1. The fraction of sp³-hybridized carbons (Fsp3) is 0.348. The molecule has 0 aliphatic heterocycles. The molecule has 0 bridgehead atoms. The Bertz CT molecular complexity index is 1340. The number of rotatable bonds is 8. The van der Waals surface area contributed by atoms with Crippen LogP contribution in [0.2, 0.25) is 0 Å². The van der Waals surface area contributed by atoms with E-state index in [0.29, 0.717) is 35.5 Å². The van der Waals surface area contributed by atoms with Crippen LogP contribution in [0.15, 0.2) is 40.9 Å². The smallest absolute Gasteiger partial charge is 0.258 e. The van der Waals surface area contributed by atoms with Gasteiger partial charge in [-0.1, -0.05) is 23.4 Å². The number of nitrogens with zero attached hydrogens (tertiary/aromatic N) is 3. The van der Waals surface area contributed by atoms with Crippen LogP contribution >= 0.6 is 0 Å². The van der Waals surface area contributed by atoms with Crippen LogP contribution in [0.3, 0.4) is 0 Å². The number of hydrogen-bond acceptors (Lipinski definition) is 9. The number of benzene rings is 2. The number of ether oxygens (including phenoxy) is 1. The molecule has 0 saturated heterocycles. The molecule has 0 amide bonds. The van der Waals surface area contributed by atoms with Gasteiger partial charge < -0.3 is 19.5 Å². The molecule has 2 aromatic carbocycles. The maximum Gasteiger partial charge on any atom is 0.258 e. The van der Waals surface area contributed by atoms with E-state index >= 15 is 0 Å². The zero-order valence-electron chi connectivity index (χ0n) is 18.6. The van der Waals surface area contributed by atoms with Crippen molar-refractivity contribution < 1.29 is 27.9 Å². The van der Waals surface area contributed by atoms with Crippen molar-refractivity contribution in [1.82, 2.24) is 14.9 Å². The summed E-state index contributed by atoms with van der Waals surface area (Å²) < 4.78 is 37.9. The summed E-state index contributed by atoms with van der Waals surface area (Å²) in [4.78, 5) is 4.50. The van der Waals surface area contributed by atoms with Crippen LogP contribution in [0.5, 0.6) is 5.75 Å². The molecule has 0 saturated carbocycles. The zero-order valence-corrected chi connectivity index (χ0v) is 19.4. The van der Waals surface area contributed by atoms with Gasteiger partial charge in [0.25, 0.3) is 5.89 Å². The maximum atomic E-state index is 12.2. The number of nitrogens with one attached hydrogen (secondary N) is 1. The average molecular weight is 485 g/mol. The first kappa shape index (κ1) is 23.8. The fourth-order valence-electron chi connectivity index (χ4n) is 4.00. The van der Waals surface area contributed by atoms with Gasteiger partial charge in [0.15, 0.2) is 6.29 Å². The van der Waals surface area contributed by atoms with E-state index in [2.05, 4.69) is 20.9 Å². The third kappa shape index (κ3) is 5.10. The first-order chi connectivity index (χ1) is 16.2. The Labute approximate surface area is 196 Å². The number of nitriles is 1. The van der Waals surface area contributed by atoms with Crippen LogP contribution in [-0.4, -0.2) is 46.9 Å². The Kier molecular flexibility index (Phi) is 6.67. The highest BCUT2D eigenvalue weighted by atomic mass is 32.2. The molecule has 0 fully saturated rings. The van der Waals surface area contributed by atoms with Crippen LogP contribution < -0.4 is 9.46 Å². The highest BCUT2D eigenvalue weighted by Gasteiger charge is 2.30. The van der Waals surface area contributed by atoms with Gasteiger partial charge in [0.2, 0.25) is 15.8 Å². The number of aromatic nitrogens is 2. The third-order valence-electron chi connectivity index (χ3n) is 5.34. The van der Waals surface area contributed by atoms with Crippen LogP contribution in [0, 0.1) is 11.3 Å². The Morgan fingerprint density at radius 2 is 2.09 bits per heavy atom. The minimum Gasteiger partial charge on any atom is -0.490 e. The number of aliphatic hydroxyl groups excluding tert-OH is 1. The lowest BCUT2D eigenvalue weighted by Gasteiger charge is -2.15. The van der Waals surface area contributed by atoms with Gasteiger partial charge >= 0.3 is 0 Å². The summed E-state index contributed by atoms with van der Waals surface area (Å²) >= 11 is 0. The Morgan fingerprint density at radius 3 is 2.79 bits per heavy atom. The van der Waals surface area contributed by atoms with Gasteiger partial charge in [-0.15, -0.1) is 0 Å². The van der Waals surface area contributed by atoms with Gasteiger partial charge in [-0.25, -0.2) is 13.1 Å². The van der Waals surface area contributed by atoms with E-state index < -0.39 is 28.1 Å². The van der Waals surface area contributed by atoms with Crippen LogP contribution in [-0.2, 0) is 16.4 Å². The molecular formula is C23H24N4O6S. The summed E-state index contributed by atoms with van der Waals surface area (Å²) in [5.74, 6) is 0.275. The normalized spacial score (nSPS) is 15.5. The molecular weight excluding hydrogens is 460 g/mol. The number of hydrogen-bond donors (Lipinski definition) is 3. The standard InChI is InChI=1S/C23H24N4O6S/c1-13(2)32-20-9-6-14(10-15(20)11-24)23-25-22(26-33-23)18-5-3-4-17-16(18)7-8-19(17)27-34(30,31)12-21(28)29/h3-6,9-10,13,19,21,27-29H,7-8,12H2,1-2H3. The Hall–Kier alpha value is -3.30. The maximum absolute atomic E-state index is 12.2. The molecule has 11 heteroatoms. The van der Waals surface area contributed by atoms with E-state index in [1.807, 2.05) is 26.0 Å². The lowest BCUT2D eigenvalue weighted by atomic mass is 10.0. The fourth-order valence-corrected chi connectivity index (χ4v) is 5.17. The van der Waals surface area contributed by atoms with Crippen molar-refractivity contribution in [2.75, 3.05) is 5.75 Å². The molecule has 3 aromatic rings. The summed E-state index contributed by atoms with van der Waals surface area (Å²) in [6.07, 6.45) is -0.921. The largest absolute Gasteiger partial charge is 0.490 e. The highest BCUT2D eigenvalue weighted by Crippen LogP contribution is 2.38. The first-order valence-electron chi connectivity index (χ1n) is 10.7. The Morgan fingerprint density at radius 1 is 1.29 bits per heavy atom. The van der Waals surface area contributed by atoms with E-state index in [0.717, 1.165) is 16.7 Å². The monoisotopic (exact) mass is 484 g/mol. The molecule has 0 spiro atoms. The van der Waals surface area contributed by atoms with Gasteiger partial charge in [0.05, 0.1) is 11.7 Å². The number of fused-ring (bicyclic) bond motifs is 1. The summed E-state index contributed by atoms with van der Waals surface area (Å²) in [6.45, 7) is 3.76. The first-order valence-corrected chi connectivity index (χ1v) is 12.3. The van der Waals surface area contributed by atoms with Crippen molar-refractivity contribution in [3.63, 3.8) is 0 Å². The van der Waals surface area contributed by atoms with E-state index in [4.69, 9.17) is 19.5 Å². The topological polar surface area (TPSA) is 159 Å². The van der Waals surface area contributed by atoms with Crippen molar-refractivity contribution in [1.29, 1.82) is 5.26 Å². The molecule has 1 aliphatic carbocycles. The van der Waals surface area contributed by atoms with Crippen LogP contribution in [0.4, 0.5) is 0 Å². The van der Waals surface area contributed by atoms with Gasteiger partial charge in [0, 0.05) is 17.2 Å². The van der Waals surface area contributed by atoms with Crippen molar-refractivity contribution in [2.24, 2.45) is 0 Å². The lowest BCUT2D eigenvalue weighted by Crippen LogP contribution is -2.34. The van der Waals surface area contributed by atoms with Gasteiger partial charge in [-0.3, -0.25) is 0 Å². The third-order valence-corrected chi connectivity index (χ3v) is 6.72. The molecule has 3 N–H and O–H groups in total. The second kappa shape index (κ2) is 9.52. The van der Waals surface area contributed by atoms with Gasteiger partial charge in [-0.05, 0) is 56.0 Å². The summed E-state index contributed by atoms with van der Waals surface area (Å²) in [6, 6.07) is 12.1. The highest BCUT2D eigenvalue weighted by molar-refractivity contribution is 7.89. The van der Waals surface area contributed by atoms with Crippen molar-refractivity contribution in [2.45, 2.75) is 45.1 Å². The minimum absolute atomic E-state index is 0.0739. The molecule has 1 unspecified atom stereocenters. The lowest BCUT2D eigenvalue weighted by molar-refractivity contribution is -0.0200. The molecule has 10 nitrogen and oxygen atoms in total. The van der Waals surface area contributed by atoms with Crippen LogP contribution in [0.25, 0.3) is 22.8 Å².